The fraction of sp³-hybridized carbons (Fsp3) is 0.364. The van der Waals surface area contributed by atoms with Gasteiger partial charge in [0.05, 0.1) is 13.0 Å². The van der Waals surface area contributed by atoms with Crippen molar-refractivity contribution in [3.05, 3.63) is 34.6 Å². The molecule has 0 aliphatic carbocycles. The number of carbonyl (C=O) groups is 1. The van der Waals surface area contributed by atoms with Gasteiger partial charge in [-0.05, 0) is 30.7 Å². The smallest absolute Gasteiger partial charge is 0.307 e. The van der Waals surface area contributed by atoms with E-state index in [0.29, 0.717) is 12.2 Å². The molecule has 0 amide bonds. The number of carbonyl (C=O) groups excluding carboxylic acids is 1. The minimum absolute atomic E-state index is 0.00756. The molecular formula is C11H13ClFNO2. The Morgan fingerprint density at radius 1 is 1.56 bits per heavy atom. The molecule has 0 saturated carbocycles. The second-order valence-corrected chi connectivity index (χ2v) is 3.75. The van der Waals surface area contributed by atoms with Crippen LogP contribution in [0.5, 0.6) is 0 Å². The van der Waals surface area contributed by atoms with Gasteiger partial charge in [-0.1, -0.05) is 11.6 Å². The zero-order chi connectivity index (χ0) is 12.1. The number of esters is 1. The lowest BCUT2D eigenvalue weighted by molar-refractivity contribution is -0.143. The summed E-state index contributed by atoms with van der Waals surface area (Å²) < 4.78 is 17.8. The van der Waals surface area contributed by atoms with Gasteiger partial charge in [0.15, 0.2) is 0 Å². The normalized spacial score (nSPS) is 12.2. The molecule has 0 aliphatic rings. The van der Waals surface area contributed by atoms with Crippen LogP contribution in [0, 0.1) is 5.82 Å². The fourth-order valence-corrected chi connectivity index (χ4v) is 1.54. The first-order chi connectivity index (χ1) is 7.52. The van der Waals surface area contributed by atoms with Crippen molar-refractivity contribution in [1.29, 1.82) is 0 Å². The van der Waals surface area contributed by atoms with Crippen LogP contribution in [-0.2, 0) is 9.53 Å². The first kappa shape index (κ1) is 12.9. The highest BCUT2D eigenvalue weighted by molar-refractivity contribution is 6.30. The summed E-state index contributed by atoms with van der Waals surface area (Å²) in [7, 11) is 0. The third-order valence-corrected chi connectivity index (χ3v) is 2.22. The molecule has 1 unspecified atom stereocenters. The average Bonchev–Trinajstić information content (AvgIpc) is 2.16. The Labute approximate surface area is 98.3 Å². The van der Waals surface area contributed by atoms with E-state index >= 15 is 0 Å². The van der Waals surface area contributed by atoms with Gasteiger partial charge in [0, 0.05) is 11.1 Å². The summed E-state index contributed by atoms with van der Waals surface area (Å²) in [6.07, 6.45) is 0.00756. The second kappa shape index (κ2) is 5.82. The molecule has 0 heterocycles. The van der Waals surface area contributed by atoms with Gasteiger partial charge in [-0.25, -0.2) is 4.39 Å². The number of nitrogens with two attached hydrogens (primary N) is 1. The van der Waals surface area contributed by atoms with E-state index in [0.717, 1.165) is 0 Å². The van der Waals surface area contributed by atoms with Crippen molar-refractivity contribution in [3.8, 4) is 0 Å². The lowest BCUT2D eigenvalue weighted by Crippen LogP contribution is -2.17. The Bertz CT molecular complexity index is 364. The van der Waals surface area contributed by atoms with E-state index in [1.807, 2.05) is 0 Å². The summed E-state index contributed by atoms with van der Waals surface area (Å²) in [5, 5.41) is 0.259. The van der Waals surface area contributed by atoms with Crippen molar-refractivity contribution in [3.63, 3.8) is 0 Å². The second-order valence-electron chi connectivity index (χ2n) is 3.32. The predicted octanol–water partition coefficient (Wildman–Crippen LogP) is 2.43. The van der Waals surface area contributed by atoms with Crippen LogP contribution in [-0.4, -0.2) is 12.6 Å². The van der Waals surface area contributed by atoms with E-state index < -0.39 is 17.8 Å². The monoisotopic (exact) mass is 245 g/mol. The molecule has 3 nitrogen and oxygen atoms in total. The standard InChI is InChI=1S/C11H13ClFNO2/c1-2-16-11(15)6-10(14)7-3-8(12)5-9(13)4-7/h3-5,10H,2,6,14H2,1H3. The highest BCUT2D eigenvalue weighted by Gasteiger charge is 2.13. The molecule has 0 fully saturated rings. The summed E-state index contributed by atoms with van der Waals surface area (Å²) in [6, 6.07) is 3.37. The first-order valence-corrected chi connectivity index (χ1v) is 5.28. The molecule has 0 bridgehead atoms. The highest BCUT2D eigenvalue weighted by atomic mass is 35.5. The average molecular weight is 246 g/mol. The molecule has 1 atom stereocenters. The van der Waals surface area contributed by atoms with Gasteiger partial charge < -0.3 is 10.5 Å². The summed E-state index contributed by atoms with van der Waals surface area (Å²) in [6.45, 7) is 2.01. The molecule has 5 heteroatoms. The molecule has 0 aliphatic heterocycles. The van der Waals surface area contributed by atoms with Crippen LogP contribution in [0.3, 0.4) is 0 Å². The number of ether oxygens (including phenoxy) is 1. The zero-order valence-corrected chi connectivity index (χ0v) is 9.63. The van der Waals surface area contributed by atoms with Crippen LogP contribution < -0.4 is 5.73 Å². The Morgan fingerprint density at radius 2 is 2.25 bits per heavy atom. The molecular weight excluding hydrogens is 233 g/mol. The molecule has 0 spiro atoms. The molecule has 16 heavy (non-hydrogen) atoms. The Kier molecular flexibility index (Phi) is 4.71. The maximum Gasteiger partial charge on any atom is 0.307 e. The quantitative estimate of drug-likeness (QED) is 0.829. The zero-order valence-electron chi connectivity index (χ0n) is 8.87. The first-order valence-electron chi connectivity index (χ1n) is 4.90. The van der Waals surface area contributed by atoms with Crippen molar-refractivity contribution in [1.82, 2.24) is 0 Å². The van der Waals surface area contributed by atoms with E-state index in [4.69, 9.17) is 22.1 Å². The molecule has 2 N–H and O–H groups in total. The van der Waals surface area contributed by atoms with E-state index in [-0.39, 0.29) is 11.4 Å². The molecule has 88 valence electrons. The Hall–Kier alpha value is -1.13. The summed E-state index contributed by atoms with van der Waals surface area (Å²) >= 11 is 5.68. The molecule has 1 aromatic carbocycles. The van der Waals surface area contributed by atoms with Crippen LogP contribution in [0.2, 0.25) is 5.02 Å². The van der Waals surface area contributed by atoms with Gasteiger partial charge in [-0.15, -0.1) is 0 Å². The SMILES string of the molecule is CCOC(=O)CC(N)c1cc(F)cc(Cl)c1. The molecule has 0 radical (unpaired) electrons. The summed E-state index contributed by atoms with van der Waals surface area (Å²) in [5.41, 5.74) is 6.22. The Morgan fingerprint density at radius 3 is 2.81 bits per heavy atom. The largest absolute Gasteiger partial charge is 0.466 e. The van der Waals surface area contributed by atoms with Gasteiger partial charge in [0.1, 0.15) is 5.82 Å². The maximum absolute atomic E-state index is 13.0. The van der Waals surface area contributed by atoms with E-state index in [2.05, 4.69) is 0 Å². The minimum atomic E-state index is -0.604. The van der Waals surface area contributed by atoms with Crippen LogP contribution in [0.4, 0.5) is 4.39 Å². The van der Waals surface area contributed by atoms with Gasteiger partial charge in [-0.3, -0.25) is 4.79 Å². The molecule has 1 aromatic rings. The van der Waals surface area contributed by atoms with Crippen molar-refractivity contribution in [2.75, 3.05) is 6.61 Å². The predicted molar refractivity (Wildman–Crippen MR) is 59.6 cm³/mol. The third kappa shape index (κ3) is 3.79. The summed E-state index contributed by atoms with van der Waals surface area (Å²) in [4.78, 5) is 11.2. The number of rotatable bonds is 4. The summed E-state index contributed by atoms with van der Waals surface area (Å²) in [5.74, 6) is -0.878. The fourth-order valence-electron chi connectivity index (χ4n) is 1.31. The number of hydrogen-bond donors (Lipinski definition) is 1. The number of benzene rings is 1. The number of halogens is 2. The van der Waals surface area contributed by atoms with Crippen LogP contribution >= 0.6 is 11.6 Å². The molecule has 0 saturated heterocycles. The van der Waals surface area contributed by atoms with Crippen LogP contribution in [0.1, 0.15) is 24.9 Å². The van der Waals surface area contributed by atoms with Crippen molar-refractivity contribution >= 4 is 17.6 Å². The van der Waals surface area contributed by atoms with Gasteiger partial charge in [0.25, 0.3) is 0 Å². The van der Waals surface area contributed by atoms with Crippen molar-refractivity contribution in [2.24, 2.45) is 5.73 Å². The Balaban J connectivity index is 2.72. The molecule has 1 rings (SSSR count). The van der Waals surface area contributed by atoms with Gasteiger partial charge in [0.2, 0.25) is 0 Å². The maximum atomic E-state index is 13.0. The van der Waals surface area contributed by atoms with Crippen LogP contribution in [0.25, 0.3) is 0 Å². The minimum Gasteiger partial charge on any atom is -0.466 e. The molecule has 0 aromatic heterocycles. The highest BCUT2D eigenvalue weighted by Crippen LogP contribution is 2.20. The van der Waals surface area contributed by atoms with E-state index in [9.17, 15) is 9.18 Å². The van der Waals surface area contributed by atoms with Gasteiger partial charge >= 0.3 is 5.97 Å². The van der Waals surface area contributed by atoms with E-state index in [1.54, 1.807) is 6.92 Å². The van der Waals surface area contributed by atoms with Crippen LogP contribution in [0.15, 0.2) is 18.2 Å². The lowest BCUT2D eigenvalue weighted by atomic mass is 10.0. The number of hydrogen-bond acceptors (Lipinski definition) is 3. The van der Waals surface area contributed by atoms with Crippen molar-refractivity contribution in [2.45, 2.75) is 19.4 Å². The lowest BCUT2D eigenvalue weighted by Gasteiger charge is -2.11. The van der Waals surface area contributed by atoms with E-state index in [1.165, 1.54) is 18.2 Å². The topological polar surface area (TPSA) is 52.3 Å². The van der Waals surface area contributed by atoms with Gasteiger partial charge in [-0.2, -0.15) is 0 Å². The third-order valence-electron chi connectivity index (χ3n) is 2.00. The van der Waals surface area contributed by atoms with Crippen molar-refractivity contribution < 1.29 is 13.9 Å².